The molecule has 0 radical (unpaired) electrons. The number of hydrogen-bond donors (Lipinski definition) is 0. The fourth-order valence-corrected chi connectivity index (χ4v) is 5.07. The van der Waals surface area contributed by atoms with E-state index < -0.39 is 0 Å². The zero-order valence-corrected chi connectivity index (χ0v) is 25.4. The van der Waals surface area contributed by atoms with Crippen molar-refractivity contribution in [1.82, 2.24) is 19.8 Å². The SMILES string of the molecule is Cn1n[n+]2cc1Cc1cc(cc(C(C)(C)C)c1)Cc1c[n+](nn1C)Cc1cc(cc(C(C)(C)C)c1)C2.[Cl-].[Cl-]. The molecule has 0 unspecified atom stereocenters. The molecule has 5 rings (SSSR count). The molecule has 8 heteroatoms. The maximum Gasteiger partial charge on any atom is 0.171 e. The lowest BCUT2D eigenvalue weighted by Crippen LogP contribution is -3.00. The van der Waals surface area contributed by atoms with Gasteiger partial charge in [0.1, 0.15) is 27.2 Å². The van der Waals surface area contributed by atoms with Gasteiger partial charge in [-0.2, -0.15) is 0 Å². The summed E-state index contributed by atoms with van der Waals surface area (Å²) in [6, 6.07) is 14.1. The zero-order valence-electron chi connectivity index (χ0n) is 23.9. The second kappa shape index (κ2) is 10.8. The van der Waals surface area contributed by atoms with Gasteiger partial charge in [0.15, 0.2) is 23.8 Å². The maximum absolute atomic E-state index is 4.83. The number of fused-ring (bicyclic) bond motifs is 8. The Morgan fingerprint density at radius 1 is 0.579 bits per heavy atom. The van der Waals surface area contributed by atoms with Gasteiger partial charge in [0, 0.05) is 12.8 Å². The normalized spacial score (nSPS) is 13.5. The van der Waals surface area contributed by atoms with Crippen molar-refractivity contribution in [3.8, 4) is 0 Å². The predicted molar refractivity (Wildman–Crippen MR) is 141 cm³/mol. The lowest BCUT2D eigenvalue weighted by molar-refractivity contribution is -0.748. The van der Waals surface area contributed by atoms with Crippen molar-refractivity contribution in [3.63, 3.8) is 0 Å². The highest BCUT2D eigenvalue weighted by Gasteiger charge is 2.22. The number of aromatic nitrogens is 6. The first-order valence-corrected chi connectivity index (χ1v) is 13.0. The first-order valence-electron chi connectivity index (χ1n) is 13.0. The molecule has 0 atom stereocenters. The van der Waals surface area contributed by atoms with Crippen molar-refractivity contribution < 1.29 is 34.2 Å². The monoisotopic (exact) mass is 554 g/mol. The van der Waals surface area contributed by atoms with E-state index in [0.717, 1.165) is 25.9 Å². The second-order valence-electron chi connectivity index (χ2n) is 12.6. The van der Waals surface area contributed by atoms with Gasteiger partial charge in [0.05, 0.1) is 10.4 Å². The van der Waals surface area contributed by atoms with Gasteiger partial charge in [-0.05, 0) is 50.3 Å². The molecule has 38 heavy (non-hydrogen) atoms. The number of rotatable bonds is 0. The fourth-order valence-electron chi connectivity index (χ4n) is 5.07. The third kappa shape index (κ3) is 6.47. The molecule has 6 nitrogen and oxygen atoms in total. The maximum atomic E-state index is 4.83. The summed E-state index contributed by atoms with van der Waals surface area (Å²) in [7, 11) is 4.11. The van der Waals surface area contributed by atoms with E-state index in [1.165, 1.54) is 44.8 Å². The van der Waals surface area contributed by atoms with Crippen molar-refractivity contribution in [3.05, 3.63) is 93.6 Å². The number of halogens is 2. The van der Waals surface area contributed by atoms with E-state index in [-0.39, 0.29) is 35.6 Å². The highest BCUT2D eigenvalue weighted by Crippen LogP contribution is 2.27. The summed E-state index contributed by atoms with van der Waals surface area (Å²) in [6.45, 7) is 15.2. The van der Waals surface area contributed by atoms with Gasteiger partial charge < -0.3 is 24.8 Å². The molecule has 0 spiro atoms. The fraction of sp³-hybridized carbons (Fsp3) is 0.467. The molecule has 0 saturated heterocycles. The van der Waals surface area contributed by atoms with Crippen molar-refractivity contribution >= 4 is 0 Å². The first kappa shape index (κ1) is 29.9. The van der Waals surface area contributed by atoms with Gasteiger partial charge in [-0.15, -0.1) is 18.7 Å². The van der Waals surface area contributed by atoms with Crippen molar-refractivity contribution in [1.29, 1.82) is 0 Å². The summed E-state index contributed by atoms with van der Waals surface area (Å²) >= 11 is 0. The van der Waals surface area contributed by atoms with E-state index in [9.17, 15) is 0 Å². The van der Waals surface area contributed by atoms with E-state index >= 15 is 0 Å². The van der Waals surface area contributed by atoms with Crippen LogP contribution < -0.4 is 34.2 Å². The Kier molecular flexibility index (Phi) is 8.50. The quantitative estimate of drug-likeness (QED) is 0.206. The smallest absolute Gasteiger partial charge is 0.171 e. The largest absolute Gasteiger partial charge is 1.00 e. The van der Waals surface area contributed by atoms with Gasteiger partial charge in [0.2, 0.25) is 0 Å². The van der Waals surface area contributed by atoms with Gasteiger partial charge in [-0.25, -0.2) is 0 Å². The van der Waals surface area contributed by atoms with E-state index in [2.05, 4.69) is 114 Å². The molecular formula is C30H40Cl2N6. The van der Waals surface area contributed by atoms with Crippen LogP contribution in [0.2, 0.25) is 0 Å². The van der Waals surface area contributed by atoms with Gasteiger partial charge in [-0.3, -0.25) is 0 Å². The average molecular weight is 556 g/mol. The Bertz CT molecular complexity index is 1350. The molecule has 3 heterocycles. The van der Waals surface area contributed by atoms with Gasteiger partial charge >= 0.3 is 0 Å². The lowest BCUT2D eigenvalue weighted by Gasteiger charge is -2.21. The number of nitrogens with zero attached hydrogens (tertiary/aromatic N) is 6. The Balaban J connectivity index is 0.00000200. The van der Waals surface area contributed by atoms with Crippen LogP contribution in [0.25, 0.3) is 0 Å². The molecule has 0 amide bonds. The third-order valence-electron chi connectivity index (χ3n) is 7.22. The Hall–Kier alpha value is -2.70. The number of hydrogen-bond acceptors (Lipinski definition) is 2. The molecule has 0 saturated carbocycles. The van der Waals surface area contributed by atoms with E-state index in [0.29, 0.717) is 0 Å². The van der Waals surface area contributed by atoms with Crippen LogP contribution in [0.4, 0.5) is 0 Å². The summed E-state index contributed by atoms with van der Waals surface area (Å²) in [5.41, 5.74) is 10.5. The van der Waals surface area contributed by atoms with Crippen LogP contribution in [0.15, 0.2) is 48.8 Å². The van der Waals surface area contributed by atoms with Crippen molar-refractivity contribution in [2.75, 3.05) is 0 Å². The predicted octanol–water partition coefficient (Wildman–Crippen LogP) is -2.08. The minimum absolute atomic E-state index is 0. The first-order chi connectivity index (χ1) is 16.8. The molecule has 1 aliphatic rings. The minimum Gasteiger partial charge on any atom is -1.00 e. The van der Waals surface area contributed by atoms with Crippen LogP contribution in [0.1, 0.15) is 86.3 Å². The highest BCUT2D eigenvalue weighted by atomic mass is 35.5. The summed E-state index contributed by atoms with van der Waals surface area (Å²) in [6.07, 6.45) is 6.12. The van der Waals surface area contributed by atoms with Crippen molar-refractivity contribution in [2.24, 2.45) is 14.1 Å². The van der Waals surface area contributed by atoms with Crippen LogP contribution in [0, 0.1) is 0 Å². The average Bonchev–Trinajstić information content (AvgIpc) is 3.26. The molecule has 1 aliphatic heterocycles. The molecule has 2 aromatic heterocycles. The summed E-state index contributed by atoms with van der Waals surface area (Å²) in [4.78, 5) is 0. The summed E-state index contributed by atoms with van der Waals surface area (Å²) in [5, 5.41) is 9.66. The summed E-state index contributed by atoms with van der Waals surface area (Å²) in [5.74, 6) is 0. The zero-order chi connectivity index (χ0) is 25.8. The molecule has 204 valence electrons. The van der Waals surface area contributed by atoms with Crippen LogP contribution in [0.5, 0.6) is 0 Å². The molecule has 0 fully saturated rings. The molecule has 8 bridgehead atoms. The second-order valence-corrected chi connectivity index (χ2v) is 12.6. The molecule has 0 N–H and O–H groups in total. The van der Waals surface area contributed by atoms with Crippen molar-refractivity contribution in [2.45, 2.75) is 78.3 Å². The molecular weight excluding hydrogens is 515 g/mol. The van der Waals surface area contributed by atoms with E-state index in [1.807, 2.05) is 9.36 Å². The van der Waals surface area contributed by atoms with Crippen LogP contribution in [0.3, 0.4) is 0 Å². The highest BCUT2D eigenvalue weighted by molar-refractivity contribution is 5.37. The Morgan fingerprint density at radius 3 is 1.29 bits per heavy atom. The summed E-state index contributed by atoms with van der Waals surface area (Å²) < 4.78 is 8.21. The molecule has 0 aliphatic carbocycles. The standard InChI is InChI=1S/C30H40N6.2ClH/c1-29(2,3)25-11-21-9-22(12-25)16-28-20-36(32-34(28)8)18-24-10-23(13-26(14-24)30(4,5)6)17-35-19-27(15-21)33(7)31-35;;/h9-14,19-20H,15-18H2,1-8H3;2*1H/q+2;;/p-2. The molecule has 2 aromatic carbocycles. The number of benzene rings is 2. The Labute approximate surface area is 239 Å². The van der Waals surface area contributed by atoms with Crippen LogP contribution in [-0.2, 0) is 50.9 Å². The third-order valence-corrected chi connectivity index (χ3v) is 7.22. The van der Waals surface area contributed by atoms with Crippen LogP contribution in [-0.4, -0.2) is 19.8 Å². The van der Waals surface area contributed by atoms with E-state index in [4.69, 9.17) is 10.4 Å². The Morgan fingerprint density at radius 2 is 0.921 bits per heavy atom. The van der Waals surface area contributed by atoms with Gasteiger partial charge in [0.25, 0.3) is 0 Å². The lowest BCUT2D eigenvalue weighted by atomic mass is 9.84. The number of aryl methyl sites for hydroxylation is 2. The minimum atomic E-state index is 0. The van der Waals surface area contributed by atoms with Gasteiger partial charge in [-0.1, -0.05) is 71.9 Å². The van der Waals surface area contributed by atoms with Crippen LogP contribution >= 0.6 is 0 Å². The van der Waals surface area contributed by atoms with E-state index in [1.54, 1.807) is 0 Å². The molecule has 4 aromatic rings. The topological polar surface area (TPSA) is 43.4 Å².